The Bertz CT molecular complexity index is 584. The molecule has 1 aromatic carbocycles. The van der Waals surface area contributed by atoms with Crippen LogP contribution in [0.2, 0.25) is 5.02 Å². The number of alkyl halides is 3. The number of nitrogens with one attached hydrogen (secondary N) is 1. The van der Waals surface area contributed by atoms with Gasteiger partial charge in [0.15, 0.2) is 0 Å². The number of halogens is 4. The van der Waals surface area contributed by atoms with Gasteiger partial charge in [-0.2, -0.15) is 13.2 Å². The maximum Gasteiger partial charge on any atom is 0.416 e. The van der Waals surface area contributed by atoms with E-state index in [0.29, 0.717) is 26.2 Å². The van der Waals surface area contributed by atoms with Gasteiger partial charge in [-0.05, 0) is 18.2 Å². The number of hydrogen-bond acceptors (Lipinski definition) is 2. The molecule has 0 spiro atoms. The molecular weight excluding hydrogens is 331 g/mol. The lowest BCUT2D eigenvalue weighted by Gasteiger charge is -2.34. The predicted octanol–water partition coefficient (Wildman–Crippen LogP) is 3.69. The SMILES string of the molecule is C=CCN1CCN(C(=O)Nc2cc(C(F)(F)F)ccc2Cl)CC1. The van der Waals surface area contributed by atoms with Crippen molar-refractivity contribution in [1.29, 1.82) is 0 Å². The Labute approximate surface area is 137 Å². The fourth-order valence-corrected chi connectivity index (χ4v) is 2.47. The van der Waals surface area contributed by atoms with Gasteiger partial charge in [0.05, 0.1) is 16.3 Å². The lowest BCUT2D eigenvalue weighted by atomic mass is 10.2. The Morgan fingerprint density at radius 1 is 1.30 bits per heavy atom. The number of carbonyl (C=O) groups excluding carboxylic acids is 1. The summed E-state index contributed by atoms with van der Waals surface area (Å²) in [5.41, 5.74) is -0.895. The molecule has 1 saturated heterocycles. The minimum absolute atomic E-state index is 0.0417. The summed E-state index contributed by atoms with van der Waals surface area (Å²) in [5, 5.41) is 2.52. The standard InChI is InChI=1S/C15H17ClF3N3O/c1-2-5-21-6-8-22(9-7-21)14(23)20-13-10-11(15(17,18)19)3-4-12(13)16/h2-4,10H,1,5-9H2,(H,20,23). The van der Waals surface area contributed by atoms with Crippen molar-refractivity contribution >= 4 is 23.3 Å². The van der Waals surface area contributed by atoms with Gasteiger partial charge in [0, 0.05) is 32.7 Å². The topological polar surface area (TPSA) is 35.6 Å². The third kappa shape index (κ3) is 4.62. The van der Waals surface area contributed by atoms with E-state index in [0.717, 1.165) is 24.7 Å². The highest BCUT2D eigenvalue weighted by molar-refractivity contribution is 6.33. The molecule has 1 aliphatic heterocycles. The van der Waals surface area contributed by atoms with Crippen LogP contribution in [0.25, 0.3) is 0 Å². The number of benzene rings is 1. The smallest absolute Gasteiger partial charge is 0.322 e. The minimum Gasteiger partial charge on any atom is -0.322 e. The van der Waals surface area contributed by atoms with Crippen LogP contribution in [0.15, 0.2) is 30.9 Å². The third-order valence-corrected chi connectivity index (χ3v) is 3.91. The Kier molecular flexibility index (Phi) is 5.54. The number of carbonyl (C=O) groups is 1. The van der Waals surface area contributed by atoms with Crippen molar-refractivity contribution in [2.24, 2.45) is 0 Å². The average molecular weight is 348 g/mol. The highest BCUT2D eigenvalue weighted by Crippen LogP contribution is 2.33. The lowest BCUT2D eigenvalue weighted by molar-refractivity contribution is -0.137. The number of rotatable bonds is 3. The van der Waals surface area contributed by atoms with Gasteiger partial charge >= 0.3 is 12.2 Å². The first-order chi connectivity index (χ1) is 10.8. The molecule has 1 N–H and O–H groups in total. The third-order valence-electron chi connectivity index (χ3n) is 3.58. The fraction of sp³-hybridized carbons (Fsp3) is 0.400. The summed E-state index contributed by atoms with van der Waals surface area (Å²) in [5.74, 6) is 0. The molecule has 8 heteroatoms. The van der Waals surface area contributed by atoms with Crippen molar-refractivity contribution in [3.63, 3.8) is 0 Å². The van der Waals surface area contributed by atoms with Gasteiger partial charge in [-0.3, -0.25) is 4.90 Å². The van der Waals surface area contributed by atoms with Gasteiger partial charge in [0.1, 0.15) is 0 Å². The Hall–Kier alpha value is -1.73. The molecule has 1 aliphatic rings. The van der Waals surface area contributed by atoms with Crippen molar-refractivity contribution in [2.75, 3.05) is 38.0 Å². The Morgan fingerprint density at radius 2 is 1.96 bits per heavy atom. The predicted molar refractivity (Wildman–Crippen MR) is 83.7 cm³/mol. The molecule has 0 bridgehead atoms. The van der Waals surface area contributed by atoms with Gasteiger partial charge in [-0.1, -0.05) is 17.7 Å². The average Bonchev–Trinajstić information content (AvgIpc) is 2.49. The monoisotopic (exact) mass is 347 g/mol. The van der Waals surface area contributed by atoms with Crippen LogP contribution in [0.1, 0.15) is 5.56 Å². The summed E-state index contributed by atoms with van der Waals surface area (Å²) in [6.07, 6.45) is -2.70. The van der Waals surface area contributed by atoms with Crippen LogP contribution >= 0.6 is 11.6 Å². The summed E-state index contributed by atoms with van der Waals surface area (Å²) < 4.78 is 38.2. The van der Waals surface area contributed by atoms with E-state index in [-0.39, 0.29) is 10.7 Å². The van der Waals surface area contributed by atoms with E-state index in [1.807, 2.05) is 0 Å². The number of amides is 2. The molecule has 1 heterocycles. The zero-order valence-electron chi connectivity index (χ0n) is 12.4. The molecule has 0 aromatic heterocycles. The molecule has 2 rings (SSSR count). The largest absolute Gasteiger partial charge is 0.416 e. The number of urea groups is 1. The van der Waals surface area contributed by atoms with Crippen molar-refractivity contribution in [2.45, 2.75) is 6.18 Å². The number of hydrogen-bond donors (Lipinski definition) is 1. The van der Waals surface area contributed by atoms with Crippen LogP contribution in [-0.4, -0.2) is 48.6 Å². The molecule has 0 aliphatic carbocycles. The molecule has 0 saturated carbocycles. The fourth-order valence-electron chi connectivity index (χ4n) is 2.31. The maximum absolute atomic E-state index is 12.7. The zero-order valence-corrected chi connectivity index (χ0v) is 13.1. The van der Waals surface area contributed by atoms with Crippen molar-refractivity contribution in [3.8, 4) is 0 Å². The zero-order chi connectivity index (χ0) is 17.0. The molecule has 0 radical (unpaired) electrons. The van der Waals surface area contributed by atoms with E-state index in [4.69, 9.17) is 11.6 Å². The van der Waals surface area contributed by atoms with Crippen LogP contribution in [0.3, 0.4) is 0 Å². The van der Waals surface area contributed by atoms with Crippen molar-refractivity contribution in [3.05, 3.63) is 41.4 Å². The first-order valence-electron chi connectivity index (χ1n) is 7.07. The Balaban J connectivity index is 2.02. The Morgan fingerprint density at radius 3 is 2.52 bits per heavy atom. The van der Waals surface area contributed by atoms with Crippen LogP contribution < -0.4 is 5.32 Å². The second kappa shape index (κ2) is 7.23. The maximum atomic E-state index is 12.7. The number of piperazine rings is 1. The molecule has 126 valence electrons. The highest BCUT2D eigenvalue weighted by Gasteiger charge is 2.31. The van der Waals surface area contributed by atoms with Crippen molar-refractivity contribution in [1.82, 2.24) is 9.80 Å². The van der Waals surface area contributed by atoms with E-state index in [1.54, 1.807) is 11.0 Å². The van der Waals surface area contributed by atoms with Crippen LogP contribution in [0.4, 0.5) is 23.7 Å². The van der Waals surface area contributed by atoms with Crippen molar-refractivity contribution < 1.29 is 18.0 Å². The van der Waals surface area contributed by atoms with Gasteiger partial charge in [-0.15, -0.1) is 6.58 Å². The van der Waals surface area contributed by atoms with Gasteiger partial charge in [-0.25, -0.2) is 4.79 Å². The summed E-state index contributed by atoms with van der Waals surface area (Å²) in [4.78, 5) is 15.9. The first-order valence-corrected chi connectivity index (χ1v) is 7.45. The van der Waals surface area contributed by atoms with Crippen LogP contribution in [0.5, 0.6) is 0 Å². The van der Waals surface area contributed by atoms with E-state index in [2.05, 4.69) is 16.8 Å². The summed E-state index contributed by atoms with van der Waals surface area (Å²) in [6.45, 7) is 6.78. The number of nitrogens with zero attached hydrogens (tertiary/aromatic N) is 2. The van der Waals surface area contributed by atoms with Gasteiger partial charge in [0.2, 0.25) is 0 Å². The number of anilines is 1. The van der Waals surface area contributed by atoms with E-state index < -0.39 is 17.8 Å². The van der Waals surface area contributed by atoms with E-state index in [1.165, 1.54) is 0 Å². The van der Waals surface area contributed by atoms with Gasteiger partial charge in [0.25, 0.3) is 0 Å². The van der Waals surface area contributed by atoms with Gasteiger partial charge < -0.3 is 10.2 Å². The van der Waals surface area contributed by atoms with E-state index >= 15 is 0 Å². The molecule has 4 nitrogen and oxygen atoms in total. The minimum atomic E-state index is -4.49. The second-order valence-corrected chi connectivity index (χ2v) is 5.61. The second-order valence-electron chi connectivity index (χ2n) is 5.20. The first kappa shape index (κ1) is 17.6. The summed E-state index contributed by atoms with van der Waals surface area (Å²) in [7, 11) is 0. The summed E-state index contributed by atoms with van der Waals surface area (Å²) >= 11 is 5.87. The van der Waals surface area contributed by atoms with Crippen LogP contribution in [0, 0.1) is 0 Å². The molecule has 23 heavy (non-hydrogen) atoms. The lowest BCUT2D eigenvalue weighted by Crippen LogP contribution is -2.49. The molecular formula is C15H17ClF3N3O. The molecule has 1 aromatic rings. The molecule has 1 fully saturated rings. The molecule has 2 amide bonds. The normalized spacial score (nSPS) is 16.3. The molecule has 0 unspecified atom stereocenters. The highest BCUT2D eigenvalue weighted by atomic mass is 35.5. The van der Waals surface area contributed by atoms with Crippen LogP contribution in [-0.2, 0) is 6.18 Å². The summed E-state index contributed by atoms with van der Waals surface area (Å²) in [6, 6.07) is 2.40. The molecule has 0 atom stereocenters. The van der Waals surface area contributed by atoms with E-state index in [9.17, 15) is 18.0 Å². The quantitative estimate of drug-likeness (QED) is 0.846.